The Morgan fingerprint density at radius 3 is 2.13 bits per heavy atom. The van der Waals surface area contributed by atoms with Crippen LogP contribution in [0.2, 0.25) is 0 Å². The van der Waals surface area contributed by atoms with Crippen molar-refractivity contribution < 1.29 is 13.9 Å². The molecule has 1 saturated carbocycles. The molecule has 162 valence electrons. The van der Waals surface area contributed by atoms with Crippen LogP contribution in [0.3, 0.4) is 0 Å². The topological polar surface area (TPSA) is 26.3 Å². The number of halogens is 1. The lowest BCUT2D eigenvalue weighted by atomic mass is 9.75. The van der Waals surface area contributed by atoms with Crippen molar-refractivity contribution in [3.63, 3.8) is 0 Å². The van der Waals surface area contributed by atoms with Gasteiger partial charge in [0.15, 0.2) is 0 Å². The van der Waals surface area contributed by atoms with Gasteiger partial charge in [-0.2, -0.15) is 0 Å². The SMILES string of the molecule is CCCCCCC(C)C1CCC(C(=O)Oc2ccc(-c3ccc(F)cc3)cc2)CC1. The van der Waals surface area contributed by atoms with Gasteiger partial charge in [-0.1, -0.05) is 70.2 Å². The van der Waals surface area contributed by atoms with Crippen LogP contribution in [0.1, 0.15) is 71.6 Å². The zero-order valence-electron chi connectivity index (χ0n) is 18.4. The van der Waals surface area contributed by atoms with Gasteiger partial charge in [0.05, 0.1) is 5.92 Å². The van der Waals surface area contributed by atoms with E-state index in [1.807, 2.05) is 24.3 Å². The second-order valence-corrected chi connectivity index (χ2v) is 8.89. The van der Waals surface area contributed by atoms with Crippen LogP contribution in [-0.2, 0) is 4.79 Å². The van der Waals surface area contributed by atoms with E-state index in [0.717, 1.165) is 48.6 Å². The molecule has 0 heterocycles. The van der Waals surface area contributed by atoms with Crippen LogP contribution in [0.4, 0.5) is 4.39 Å². The third-order valence-corrected chi connectivity index (χ3v) is 6.67. The number of carbonyl (C=O) groups is 1. The first kappa shape index (κ1) is 22.5. The Hall–Kier alpha value is -2.16. The van der Waals surface area contributed by atoms with E-state index < -0.39 is 0 Å². The van der Waals surface area contributed by atoms with Crippen molar-refractivity contribution in [2.24, 2.45) is 17.8 Å². The summed E-state index contributed by atoms with van der Waals surface area (Å²) in [4.78, 5) is 12.6. The van der Waals surface area contributed by atoms with Gasteiger partial charge in [0.1, 0.15) is 11.6 Å². The fourth-order valence-corrected chi connectivity index (χ4v) is 4.61. The van der Waals surface area contributed by atoms with E-state index >= 15 is 0 Å². The first-order valence-corrected chi connectivity index (χ1v) is 11.6. The maximum absolute atomic E-state index is 13.1. The summed E-state index contributed by atoms with van der Waals surface area (Å²) in [6, 6.07) is 13.9. The molecule has 1 fully saturated rings. The Kier molecular flexibility index (Phi) is 8.48. The summed E-state index contributed by atoms with van der Waals surface area (Å²) in [5, 5.41) is 0. The molecule has 2 aromatic carbocycles. The quantitative estimate of drug-likeness (QED) is 0.239. The highest BCUT2D eigenvalue weighted by atomic mass is 19.1. The first-order valence-electron chi connectivity index (χ1n) is 11.6. The van der Waals surface area contributed by atoms with Crippen LogP contribution in [0, 0.1) is 23.6 Å². The van der Waals surface area contributed by atoms with Gasteiger partial charge >= 0.3 is 5.97 Å². The second-order valence-electron chi connectivity index (χ2n) is 8.89. The Balaban J connectivity index is 1.45. The van der Waals surface area contributed by atoms with E-state index in [1.54, 1.807) is 12.1 Å². The summed E-state index contributed by atoms with van der Waals surface area (Å²) < 4.78 is 18.7. The van der Waals surface area contributed by atoms with Crippen LogP contribution in [0.25, 0.3) is 11.1 Å². The highest BCUT2D eigenvalue weighted by molar-refractivity contribution is 5.75. The number of esters is 1. The minimum Gasteiger partial charge on any atom is -0.426 e. The fraction of sp³-hybridized carbons (Fsp3) is 0.519. The minimum absolute atomic E-state index is 0.0188. The number of ether oxygens (including phenoxy) is 1. The van der Waals surface area contributed by atoms with E-state index in [0.29, 0.717) is 5.75 Å². The predicted octanol–water partition coefficient (Wildman–Crippen LogP) is 7.81. The molecule has 0 radical (unpaired) electrons. The number of hydrogen-bond acceptors (Lipinski definition) is 2. The zero-order valence-corrected chi connectivity index (χ0v) is 18.4. The molecular formula is C27H35FO2. The molecule has 0 spiro atoms. The van der Waals surface area contributed by atoms with Gasteiger partial charge in [0, 0.05) is 0 Å². The predicted molar refractivity (Wildman–Crippen MR) is 121 cm³/mol. The van der Waals surface area contributed by atoms with Crippen molar-refractivity contribution in [1.29, 1.82) is 0 Å². The smallest absolute Gasteiger partial charge is 0.314 e. The molecule has 0 saturated heterocycles. The van der Waals surface area contributed by atoms with Crippen LogP contribution < -0.4 is 4.74 Å². The second kappa shape index (κ2) is 11.3. The van der Waals surface area contributed by atoms with Gasteiger partial charge in [-0.3, -0.25) is 4.79 Å². The summed E-state index contributed by atoms with van der Waals surface area (Å²) in [6.45, 7) is 4.64. The number of benzene rings is 2. The van der Waals surface area contributed by atoms with Crippen molar-refractivity contribution in [2.75, 3.05) is 0 Å². The summed E-state index contributed by atoms with van der Waals surface area (Å²) in [5.74, 6) is 1.77. The number of carbonyl (C=O) groups excluding carboxylic acids is 1. The highest BCUT2D eigenvalue weighted by Gasteiger charge is 2.30. The molecule has 1 unspecified atom stereocenters. The molecule has 1 aliphatic rings. The van der Waals surface area contributed by atoms with Crippen molar-refractivity contribution in [3.8, 4) is 16.9 Å². The van der Waals surface area contributed by atoms with Crippen molar-refractivity contribution >= 4 is 5.97 Å². The summed E-state index contributed by atoms with van der Waals surface area (Å²) in [5.41, 5.74) is 1.92. The third kappa shape index (κ3) is 6.42. The Morgan fingerprint density at radius 1 is 0.933 bits per heavy atom. The lowest BCUT2D eigenvalue weighted by Gasteiger charge is -2.31. The zero-order chi connectivity index (χ0) is 21.3. The van der Waals surface area contributed by atoms with E-state index in [9.17, 15) is 9.18 Å². The van der Waals surface area contributed by atoms with Crippen LogP contribution in [0.5, 0.6) is 5.75 Å². The third-order valence-electron chi connectivity index (χ3n) is 6.67. The van der Waals surface area contributed by atoms with Gasteiger partial charge in [0.25, 0.3) is 0 Å². The van der Waals surface area contributed by atoms with Gasteiger partial charge < -0.3 is 4.74 Å². The minimum atomic E-state index is -0.245. The molecule has 3 heteroatoms. The molecule has 0 aromatic heterocycles. The van der Waals surface area contributed by atoms with Gasteiger partial charge in [-0.15, -0.1) is 0 Å². The molecule has 2 aromatic rings. The number of unbranched alkanes of at least 4 members (excludes halogenated alkanes) is 3. The van der Waals surface area contributed by atoms with Crippen molar-refractivity contribution in [3.05, 3.63) is 54.3 Å². The molecule has 1 atom stereocenters. The lowest BCUT2D eigenvalue weighted by Crippen LogP contribution is -2.27. The van der Waals surface area contributed by atoms with Crippen LogP contribution in [-0.4, -0.2) is 5.97 Å². The van der Waals surface area contributed by atoms with Crippen LogP contribution in [0.15, 0.2) is 48.5 Å². The van der Waals surface area contributed by atoms with E-state index in [-0.39, 0.29) is 17.7 Å². The lowest BCUT2D eigenvalue weighted by molar-refractivity contribution is -0.140. The standard InChI is InChI=1S/C27H35FO2/c1-3-4-5-6-7-20(2)21-8-10-24(11-9-21)27(29)30-26-18-14-23(15-19-26)22-12-16-25(28)17-13-22/h12-21,24H,3-11H2,1-2H3. The summed E-state index contributed by atoms with van der Waals surface area (Å²) in [7, 11) is 0. The number of hydrogen-bond donors (Lipinski definition) is 0. The maximum Gasteiger partial charge on any atom is 0.314 e. The molecule has 3 rings (SSSR count). The van der Waals surface area contributed by atoms with E-state index in [1.165, 1.54) is 44.2 Å². The van der Waals surface area contributed by atoms with Gasteiger partial charge in [0.2, 0.25) is 0 Å². The van der Waals surface area contributed by atoms with Crippen molar-refractivity contribution in [2.45, 2.75) is 71.6 Å². The molecule has 1 aliphatic carbocycles. The maximum atomic E-state index is 13.1. The molecule has 30 heavy (non-hydrogen) atoms. The number of rotatable bonds is 9. The summed E-state index contributed by atoms with van der Waals surface area (Å²) in [6.07, 6.45) is 10.8. The normalized spacial score (nSPS) is 20.0. The summed E-state index contributed by atoms with van der Waals surface area (Å²) >= 11 is 0. The average Bonchev–Trinajstić information content (AvgIpc) is 2.78. The Labute approximate surface area is 180 Å². The molecule has 0 aliphatic heterocycles. The van der Waals surface area contributed by atoms with Crippen molar-refractivity contribution in [1.82, 2.24) is 0 Å². The molecule has 0 bridgehead atoms. The van der Waals surface area contributed by atoms with Crippen LogP contribution >= 0.6 is 0 Å². The molecule has 0 amide bonds. The highest BCUT2D eigenvalue weighted by Crippen LogP contribution is 2.36. The molecular weight excluding hydrogens is 375 g/mol. The Morgan fingerprint density at radius 2 is 1.53 bits per heavy atom. The fourth-order valence-electron chi connectivity index (χ4n) is 4.61. The van der Waals surface area contributed by atoms with E-state index in [2.05, 4.69) is 13.8 Å². The molecule has 0 N–H and O–H groups in total. The average molecular weight is 411 g/mol. The monoisotopic (exact) mass is 410 g/mol. The Bertz CT molecular complexity index is 774. The first-order chi connectivity index (χ1) is 14.6. The van der Waals surface area contributed by atoms with E-state index in [4.69, 9.17) is 4.74 Å². The van der Waals surface area contributed by atoms with Gasteiger partial charge in [-0.25, -0.2) is 4.39 Å². The van der Waals surface area contributed by atoms with Gasteiger partial charge in [-0.05, 0) is 72.9 Å². The molecule has 2 nitrogen and oxygen atoms in total. The largest absolute Gasteiger partial charge is 0.426 e.